The van der Waals surface area contributed by atoms with Crippen molar-refractivity contribution < 1.29 is 19.9 Å². The Labute approximate surface area is 162 Å². The lowest BCUT2D eigenvalue weighted by Gasteiger charge is -2.35. The van der Waals surface area contributed by atoms with Crippen molar-refractivity contribution in [2.24, 2.45) is 0 Å². The third-order valence-electron chi connectivity index (χ3n) is 4.69. The van der Waals surface area contributed by atoms with Crippen LogP contribution in [0.4, 0.5) is 11.5 Å². The zero-order chi connectivity index (χ0) is 20.1. The van der Waals surface area contributed by atoms with Gasteiger partial charge in [0.25, 0.3) is 0 Å². The molecule has 0 amide bonds. The van der Waals surface area contributed by atoms with Crippen LogP contribution in [0.15, 0.2) is 24.5 Å². The van der Waals surface area contributed by atoms with E-state index in [1.807, 2.05) is 4.90 Å². The van der Waals surface area contributed by atoms with Crippen molar-refractivity contribution in [3.63, 3.8) is 0 Å². The number of quaternary nitrogens is 1. The first-order valence-electron chi connectivity index (χ1n) is 8.74. The highest BCUT2D eigenvalue weighted by molar-refractivity contribution is 5.54. The van der Waals surface area contributed by atoms with Gasteiger partial charge in [-0.15, -0.1) is 0 Å². The molecule has 0 bridgehead atoms. The first-order valence-corrected chi connectivity index (χ1v) is 8.74. The molecule has 0 aliphatic carbocycles. The predicted molar refractivity (Wildman–Crippen MR) is 99.6 cm³/mol. The summed E-state index contributed by atoms with van der Waals surface area (Å²) in [4.78, 5) is 12.5. The Morgan fingerprint density at radius 3 is 2.39 bits per heavy atom. The topological polar surface area (TPSA) is 122 Å². The highest BCUT2D eigenvalue weighted by Gasteiger charge is 2.23. The molecule has 0 spiro atoms. The van der Waals surface area contributed by atoms with Crippen LogP contribution >= 0.6 is 0 Å². The molecule has 148 valence electrons. The first-order chi connectivity index (χ1) is 13.6. The van der Waals surface area contributed by atoms with Crippen molar-refractivity contribution in [3.8, 4) is 17.6 Å². The molecule has 2 N–H and O–H groups in total. The molecule has 1 aliphatic rings. The Bertz CT molecular complexity index is 862. The maximum atomic E-state index is 11.7. The predicted octanol–water partition coefficient (Wildman–Crippen LogP) is 0.0911. The van der Waals surface area contributed by atoms with Crippen molar-refractivity contribution >= 4 is 11.5 Å². The van der Waals surface area contributed by atoms with E-state index in [0.29, 0.717) is 61.3 Å². The van der Waals surface area contributed by atoms with Gasteiger partial charge in [0.2, 0.25) is 0 Å². The van der Waals surface area contributed by atoms with Gasteiger partial charge in [-0.3, -0.25) is 4.90 Å². The van der Waals surface area contributed by atoms with Crippen molar-refractivity contribution in [2.75, 3.05) is 45.3 Å². The molecule has 2 aromatic rings. The van der Waals surface area contributed by atoms with E-state index in [9.17, 15) is 15.7 Å². The molecule has 10 heteroatoms. The quantitative estimate of drug-likeness (QED) is 0.665. The number of methoxy groups -OCH3 is 2. The number of benzene rings is 1. The molecular weight excluding hydrogens is 364 g/mol. The van der Waals surface area contributed by atoms with Crippen LogP contribution in [0.1, 0.15) is 11.3 Å². The first kappa shape index (κ1) is 19.8. The average molecular weight is 386 g/mol. The molecule has 3 rings (SSSR count). The maximum Gasteiger partial charge on any atom is 0.183 e. The summed E-state index contributed by atoms with van der Waals surface area (Å²) in [6.45, 7) is 3.22. The molecule has 0 saturated carbocycles. The molecule has 10 nitrogen and oxygen atoms in total. The summed E-state index contributed by atoms with van der Waals surface area (Å²) in [5, 5.41) is 29.4. The molecule has 1 aromatic heterocycles. The van der Waals surface area contributed by atoms with Crippen LogP contribution in [0.3, 0.4) is 0 Å². The van der Waals surface area contributed by atoms with Crippen LogP contribution in [0, 0.1) is 16.5 Å². The second-order valence-corrected chi connectivity index (χ2v) is 6.27. The molecule has 1 fully saturated rings. The van der Waals surface area contributed by atoms with E-state index in [4.69, 9.17) is 9.47 Å². The number of piperazine rings is 1. The number of nitrogens with zero attached hydrogens (tertiary/aromatic N) is 5. The lowest BCUT2D eigenvalue weighted by Crippen LogP contribution is -2.99. The van der Waals surface area contributed by atoms with E-state index in [0.717, 1.165) is 0 Å². The van der Waals surface area contributed by atoms with E-state index >= 15 is 0 Å². The van der Waals surface area contributed by atoms with Gasteiger partial charge >= 0.3 is 0 Å². The van der Waals surface area contributed by atoms with E-state index in [-0.39, 0.29) is 5.69 Å². The number of rotatable bonds is 6. The Balaban J connectivity index is 1.73. The smallest absolute Gasteiger partial charge is 0.183 e. The van der Waals surface area contributed by atoms with E-state index in [2.05, 4.69) is 20.9 Å². The van der Waals surface area contributed by atoms with Gasteiger partial charge in [-0.05, 0) is 6.07 Å². The zero-order valence-corrected chi connectivity index (χ0v) is 15.8. The maximum absolute atomic E-state index is 11.7. The summed E-state index contributed by atoms with van der Waals surface area (Å²) < 4.78 is 10.5. The minimum Gasteiger partial charge on any atom is -0.595 e. The molecule has 1 aromatic carbocycles. The van der Waals surface area contributed by atoms with E-state index in [1.54, 1.807) is 12.3 Å². The van der Waals surface area contributed by atoms with Gasteiger partial charge in [-0.2, -0.15) is 10.5 Å². The second kappa shape index (κ2) is 8.81. The molecule has 1 atom stereocenters. The monoisotopic (exact) mass is 386 g/mol. The number of ether oxygens (including phenoxy) is 2. The van der Waals surface area contributed by atoms with Gasteiger partial charge in [0.15, 0.2) is 28.7 Å². The molecule has 1 unspecified atom stereocenters. The van der Waals surface area contributed by atoms with Gasteiger partial charge in [0.05, 0.1) is 14.2 Å². The summed E-state index contributed by atoms with van der Waals surface area (Å²) in [5.74, 6) is 1.47. The van der Waals surface area contributed by atoms with Crippen molar-refractivity contribution in [1.29, 1.82) is 5.26 Å². The van der Waals surface area contributed by atoms with Crippen molar-refractivity contribution in [3.05, 3.63) is 41.0 Å². The van der Waals surface area contributed by atoms with Gasteiger partial charge in [0, 0.05) is 56.7 Å². The van der Waals surface area contributed by atoms with Crippen molar-refractivity contribution in [2.45, 2.75) is 6.54 Å². The molecule has 1 saturated heterocycles. The van der Waals surface area contributed by atoms with E-state index in [1.165, 1.54) is 26.5 Å². The number of anilines is 1. The number of hydrogen-bond acceptors (Lipinski definition) is 9. The van der Waals surface area contributed by atoms with Crippen LogP contribution < -0.4 is 19.6 Å². The number of nitriles is 1. The Morgan fingerprint density at radius 1 is 1.14 bits per heavy atom. The summed E-state index contributed by atoms with van der Waals surface area (Å²) in [6, 6.07) is 5.27. The minimum absolute atomic E-state index is 0.195. The third-order valence-corrected chi connectivity index (χ3v) is 4.69. The Hall–Kier alpha value is -2.97. The Morgan fingerprint density at radius 2 is 1.79 bits per heavy atom. The largest absolute Gasteiger partial charge is 0.595 e. The van der Waals surface area contributed by atoms with Gasteiger partial charge in [-0.1, -0.05) is 0 Å². The second-order valence-electron chi connectivity index (χ2n) is 6.27. The standard InChI is InChI=1S/C18H22N6O4/c1-27-16-9-13(15(24(25)26)10-17(16)28-2)12-22-5-7-23(8-6-22)18-14(11-19)20-3-4-21-18/h3-4,9-10,24-25H,5-8,12H2,1-2H3. The summed E-state index contributed by atoms with van der Waals surface area (Å²) in [7, 11) is 3.00. The summed E-state index contributed by atoms with van der Waals surface area (Å²) in [6.07, 6.45) is 3.08. The van der Waals surface area contributed by atoms with Crippen LogP contribution in [-0.2, 0) is 6.54 Å². The van der Waals surface area contributed by atoms with Crippen molar-refractivity contribution in [1.82, 2.24) is 14.9 Å². The van der Waals surface area contributed by atoms with Gasteiger partial charge in [-0.25, -0.2) is 15.2 Å². The molecule has 2 heterocycles. The fraction of sp³-hybridized carbons (Fsp3) is 0.389. The minimum atomic E-state index is -1.01. The summed E-state index contributed by atoms with van der Waals surface area (Å²) in [5.41, 5.74) is 1.17. The van der Waals surface area contributed by atoms with E-state index < -0.39 is 5.23 Å². The van der Waals surface area contributed by atoms with Crippen LogP contribution in [-0.4, -0.2) is 60.5 Å². The van der Waals surface area contributed by atoms with Crippen LogP contribution in [0.2, 0.25) is 0 Å². The average Bonchev–Trinajstić information content (AvgIpc) is 2.73. The van der Waals surface area contributed by atoms with Crippen LogP contribution in [0.5, 0.6) is 11.5 Å². The SMILES string of the molecule is COc1cc(CN2CCN(c3nccnc3C#N)CC2)c([NH+]([O-])O)cc1OC. The van der Waals surface area contributed by atoms with Crippen LogP contribution in [0.25, 0.3) is 0 Å². The summed E-state index contributed by atoms with van der Waals surface area (Å²) >= 11 is 0. The normalized spacial score (nSPS) is 15.8. The zero-order valence-electron chi connectivity index (χ0n) is 15.8. The lowest BCUT2D eigenvalue weighted by atomic mass is 10.1. The lowest BCUT2D eigenvalue weighted by molar-refractivity contribution is -0.991. The third kappa shape index (κ3) is 4.13. The van der Waals surface area contributed by atoms with Gasteiger partial charge < -0.3 is 19.6 Å². The number of hydrogen-bond donors (Lipinski definition) is 2. The number of nitrogens with one attached hydrogen (secondary N) is 1. The van der Waals surface area contributed by atoms with Gasteiger partial charge in [0.1, 0.15) is 6.07 Å². The number of aromatic nitrogens is 2. The molecule has 28 heavy (non-hydrogen) atoms. The molecular formula is C18H22N6O4. The Kier molecular flexibility index (Phi) is 6.23. The fourth-order valence-electron chi connectivity index (χ4n) is 3.25. The highest BCUT2D eigenvalue weighted by atomic mass is 16.8. The highest BCUT2D eigenvalue weighted by Crippen LogP contribution is 2.32. The molecule has 0 radical (unpaired) electrons. The fourth-order valence-corrected chi connectivity index (χ4v) is 3.25. The molecule has 1 aliphatic heterocycles.